The van der Waals surface area contributed by atoms with E-state index in [2.05, 4.69) is 10.2 Å². The smallest absolute Gasteiger partial charge is 0.220 e. The minimum Gasteiger partial charge on any atom is -0.497 e. The molecule has 1 saturated heterocycles. The normalized spacial score (nSPS) is 15.3. The first-order chi connectivity index (χ1) is 15.1. The van der Waals surface area contributed by atoms with Crippen LogP contribution in [0.15, 0.2) is 42.5 Å². The number of nitrogens with one attached hydrogen (secondary N) is 1. The third-order valence-corrected chi connectivity index (χ3v) is 6.00. The lowest BCUT2D eigenvalue weighted by Gasteiger charge is -2.35. The summed E-state index contributed by atoms with van der Waals surface area (Å²) in [6.07, 6.45) is 0.954. The third kappa shape index (κ3) is 7.01. The van der Waals surface area contributed by atoms with Gasteiger partial charge in [-0.25, -0.2) is 0 Å². The Morgan fingerprint density at radius 3 is 2.61 bits per heavy atom. The second-order valence-electron chi connectivity index (χ2n) is 7.25. The van der Waals surface area contributed by atoms with Gasteiger partial charge in [0, 0.05) is 26.1 Å². The number of methoxy groups -OCH3 is 1. The molecule has 6 nitrogen and oxygen atoms in total. The fraction of sp³-hybridized carbons (Fsp3) is 0.435. The van der Waals surface area contributed by atoms with Crippen molar-refractivity contribution in [3.63, 3.8) is 0 Å². The monoisotopic (exact) mass is 466 g/mol. The minimum absolute atomic E-state index is 0.00689. The van der Waals surface area contributed by atoms with Crippen LogP contribution in [0.1, 0.15) is 24.4 Å². The van der Waals surface area contributed by atoms with E-state index < -0.39 is 0 Å². The van der Waals surface area contributed by atoms with Crippen LogP contribution in [0, 0.1) is 0 Å². The molecule has 31 heavy (non-hydrogen) atoms. The Morgan fingerprint density at radius 2 is 1.90 bits per heavy atom. The summed E-state index contributed by atoms with van der Waals surface area (Å²) < 4.78 is 16.4. The van der Waals surface area contributed by atoms with Gasteiger partial charge < -0.3 is 19.5 Å². The van der Waals surface area contributed by atoms with Crippen LogP contribution in [-0.2, 0) is 9.53 Å². The Hall–Kier alpha value is -1.99. The molecule has 0 bridgehead atoms. The lowest BCUT2D eigenvalue weighted by atomic mass is 10.0. The maximum absolute atomic E-state index is 12.4. The van der Waals surface area contributed by atoms with Crippen molar-refractivity contribution in [2.24, 2.45) is 0 Å². The Morgan fingerprint density at radius 1 is 1.16 bits per heavy atom. The molecule has 1 atom stereocenters. The van der Waals surface area contributed by atoms with Gasteiger partial charge in [0.05, 0.1) is 38.0 Å². The quantitative estimate of drug-likeness (QED) is 0.527. The molecule has 3 rings (SSSR count). The van der Waals surface area contributed by atoms with Gasteiger partial charge in [0.1, 0.15) is 16.5 Å². The van der Waals surface area contributed by atoms with Crippen LogP contribution < -0.4 is 14.8 Å². The van der Waals surface area contributed by atoms with Crippen molar-refractivity contribution >= 4 is 29.1 Å². The summed E-state index contributed by atoms with van der Waals surface area (Å²) in [6, 6.07) is 13.3. The average molecular weight is 467 g/mol. The molecule has 0 aliphatic carbocycles. The molecular weight excluding hydrogens is 439 g/mol. The highest BCUT2D eigenvalue weighted by Crippen LogP contribution is 2.31. The number of rotatable bonds is 10. The van der Waals surface area contributed by atoms with Crippen molar-refractivity contribution in [2.45, 2.75) is 18.9 Å². The SMILES string of the molecule is COc1ccc(C(CNC(=O)CCCOc2cccc(Cl)c2Cl)N2CCOCC2)cc1. The van der Waals surface area contributed by atoms with Gasteiger partial charge in [-0.15, -0.1) is 0 Å². The van der Waals surface area contributed by atoms with E-state index in [0.717, 1.165) is 24.4 Å². The van der Waals surface area contributed by atoms with Gasteiger partial charge in [0.25, 0.3) is 0 Å². The second kappa shape index (κ2) is 12.2. The zero-order valence-corrected chi connectivity index (χ0v) is 19.1. The van der Waals surface area contributed by atoms with Crippen LogP contribution in [0.2, 0.25) is 10.0 Å². The highest BCUT2D eigenvalue weighted by atomic mass is 35.5. The summed E-state index contributed by atoms with van der Waals surface area (Å²) >= 11 is 12.1. The fourth-order valence-corrected chi connectivity index (χ4v) is 3.83. The number of amides is 1. The van der Waals surface area contributed by atoms with Gasteiger partial charge in [-0.3, -0.25) is 9.69 Å². The van der Waals surface area contributed by atoms with E-state index >= 15 is 0 Å². The highest BCUT2D eigenvalue weighted by molar-refractivity contribution is 6.42. The molecule has 2 aromatic rings. The maximum atomic E-state index is 12.4. The van der Waals surface area contributed by atoms with E-state index in [9.17, 15) is 4.79 Å². The lowest BCUT2D eigenvalue weighted by molar-refractivity contribution is -0.121. The van der Waals surface area contributed by atoms with Crippen molar-refractivity contribution < 1.29 is 19.0 Å². The Labute approximate surface area is 193 Å². The first-order valence-electron chi connectivity index (χ1n) is 10.4. The average Bonchev–Trinajstić information content (AvgIpc) is 2.80. The number of hydrogen-bond acceptors (Lipinski definition) is 5. The van der Waals surface area contributed by atoms with E-state index in [0.29, 0.717) is 55.0 Å². The first kappa shape index (κ1) is 23.7. The molecule has 1 amide bonds. The number of benzene rings is 2. The molecule has 0 radical (unpaired) electrons. The molecule has 1 fully saturated rings. The molecular formula is C23H28Cl2N2O4. The molecule has 1 aliphatic heterocycles. The van der Waals surface area contributed by atoms with E-state index in [1.54, 1.807) is 25.3 Å². The predicted molar refractivity (Wildman–Crippen MR) is 122 cm³/mol. The Balaban J connectivity index is 1.49. The summed E-state index contributed by atoms with van der Waals surface area (Å²) in [6.45, 7) is 3.99. The summed E-state index contributed by atoms with van der Waals surface area (Å²) in [5.41, 5.74) is 1.14. The zero-order chi connectivity index (χ0) is 22.1. The van der Waals surface area contributed by atoms with Crippen LogP contribution in [-0.4, -0.2) is 57.4 Å². The Kier molecular flexibility index (Phi) is 9.28. The van der Waals surface area contributed by atoms with E-state index in [4.69, 9.17) is 37.4 Å². The number of halogens is 2. The van der Waals surface area contributed by atoms with Gasteiger partial charge in [0.2, 0.25) is 5.91 Å². The number of carbonyl (C=O) groups excluding carboxylic acids is 1. The van der Waals surface area contributed by atoms with Gasteiger partial charge in [0.15, 0.2) is 0 Å². The highest BCUT2D eigenvalue weighted by Gasteiger charge is 2.23. The number of morpholine rings is 1. The summed E-state index contributed by atoms with van der Waals surface area (Å²) in [4.78, 5) is 14.8. The van der Waals surface area contributed by atoms with Crippen LogP contribution in [0.25, 0.3) is 0 Å². The first-order valence-corrected chi connectivity index (χ1v) is 11.1. The van der Waals surface area contributed by atoms with E-state index in [1.807, 2.05) is 24.3 Å². The van der Waals surface area contributed by atoms with Gasteiger partial charge >= 0.3 is 0 Å². The molecule has 8 heteroatoms. The number of ether oxygens (including phenoxy) is 3. The van der Waals surface area contributed by atoms with Gasteiger partial charge in [-0.1, -0.05) is 41.4 Å². The number of nitrogens with zero attached hydrogens (tertiary/aromatic N) is 1. The van der Waals surface area contributed by atoms with E-state index in [1.165, 1.54) is 0 Å². The molecule has 1 N–H and O–H groups in total. The summed E-state index contributed by atoms with van der Waals surface area (Å²) in [5, 5.41) is 3.91. The molecule has 1 heterocycles. The molecule has 0 spiro atoms. The van der Waals surface area contributed by atoms with Crippen molar-refractivity contribution in [1.29, 1.82) is 0 Å². The van der Waals surface area contributed by atoms with Crippen molar-refractivity contribution in [2.75, 3.05) is 46.6 Å². The minimum atomic E-state index is -0.00689. The van der Waals surface area contributed by atoms with Crippen molar-refractivity contribution in [3.8, 4) is 11.5 Å². The molecule has 1 unspecified atom stereocenters. The molecule has 168 valence electrons. The second-order valence-corrected chi connectivity index (χ2v) is 8.03. The van der Waals surface area contributed by atoms with Crippen LogP contribution in [0.4, 0.5) is 0 Å². The standard InChI is InChI=1S/C23H28Cl2N2O4/c1-29-18-9-7-17(8-10-18)20(27-11-14-30-15-12-27)16-26-22(28)6-3-13-31-21-5-2-4-19(24)23(21)25/h2,4-5,7-10,20H,3,6,11-16H2,1H3,(H,26,28). The predicted octanol–water partition coefficient (Wildman–Crippen LogP) is 4.35. The summed E-state index contributed by atoms with van der Waals surface area (Å²) in [7, 11) is 1.65. The van der Waals surface area contributed by atoms with Crippen LogP contribution in [0.3, 0.4) is 0 Å². The molecule has 0 saturated carbocycles. The molecule has 0 aromatic heterocycles. The van der Waals surface area contributed by atoms with Crippen molar-refractivity contribution in [3.05, 3.63) is 58.1 Å². The third-order valence-electron chi connectivity index (χ3n) is 5.20. The van der Waals surface area contributed by atoms with Crippen LogP contribution >= 0.6 is 23.2 Å². The molecule has 1 aliphatic rings. The lowest BCUT2D eigenvalue weighted by Crippen LogP contribution is -2.43. The maximum Gasteiger partial charge on any atom is 0.220 e. The largest absolute Gasteiger partial charge is 0.497 e. The fourth-order valence-electron chi connectivity index (χ4n) is 3.48. The van der Waals surface area contributed by atoms with Gasteiger partial charge in [-0.05, 0) is 36.2 Å². The number of hydrogen-bond donors (Lipinski definition) is 1. The zero-order valence-electron chi connectivity index (χ0n) is 17.6. The number of carbonyl (C=O) groups is 1. The topological polar surface area (TPSA) is 60.0 Å². The van der Waals surface area contributed by atoms with Gasteiger partial charge in [-0.2, -0.15) is 0 Å². The van der Waals surface area contributed by atoms with Crippen molar-refractivity contribution in [1.82, 2.24) is 10.2 Å². The Bertz CT molecular complexity index is 842. The molecule has 2 aromatic carbocycles. The van der Waals surface area contributed by atoms with E-state index in [-0.39, 0.29) is 11.9 Å². The summed E-state index contributed by atoms with van der Waals surface area (Å²) in [5.74, 6) is 1.34. The van der Waals surface area contributed by atoms with Crippen LogP contribution in [0.5, 0.6) is 11.5 Å².